The predicted octanol–water partition coefficient (Wildman–Crippen LogP) is 3.60. The monoisotopic (exact) mass is 287 g/mol. The Bertz CT molecular complexity index is 652. The van der Waals surface area contributed by atoms with Crippen molar-refractivity contribution >= 4 is 12.0 Å². The zero-order valence-electron chi connectivity index (χ0n) is 11.3. The number of rotatable bonds is 6. The molecule has 2 rings (SSSR count). The summed E-state index contributed by atoms with van der Waals surface area (Å²) in [6.07, 6.45) is 0.434. The minimum atomic E-state index is -0.607. The maximum atomic E-state index is 10.9. The SMILES string of the molecule is CCOc1ccc(Oc2ccc([N+](=O)[O-])c(C=O)c2)cc1. The van der Waals surface area contributed by atoms with Crippen LogP contribution in [0.5, 0.6) is 17.2 Å². The molecule has 0 radical (unpaired) electrons. The zero-order valence-corrected chi connectivity index (χ0v) is 11.3. The third-order valence-electron chi connectivity index (χ3n) is 2.69. The molecule has 0 spiro atoms. The molecule has 0 atom stereocenters. The van der Waals surface area contributed by atoms with Crippen LogP contribution in [-0.4, -0.2) is 17.8 Å². The zero-order chi connectivity index (χ0) is 15.2. The molecule has 0 amide bonds. The molecule has 6 nitrogen and oxygen atoms in total. The van der Waals surface area contributed by atoms with Gasteiger partial charge in [-0.25, -0.2) is 0 Å². The van der Waals surface area contributed by atoms with Gasteiger partial charge in [0.1, 0.15) is 17.2 Å². The summed E-state index contributed by atoms with van der Waals surface area (Å²) in [5.41, 5.74) is -0.271. The first kappa shape index (κ1) is 14.5. The lowest BCUT2D eigenvalue weighted by molar-refractivity contribution is -0.385. The minimum Gasteiger partial charge on any atom is -0.494 e. The van der Waals surface area contributed by atoms with Gasteiger partial charge >= 0.3 is 0 Å². The van der Waals surface area contributed by atoms with Crippen LogP contribution in [0, 0.1) is 10.1 Å². The molecule has 2 aromatic carbocycles. The van der Waals surface area contributed by atoms with E-state index in [1.807, 2.05) is 6.92 Å². The van der Waals surface area contributed by atoms with E-state index in [0.717, 1.165) is 5.75 Å². The molecule has 0 aromatic heterocycles. The number of nitro groups is 1. The van der Waals surface area contributed by atoms with Gasteiger partial charge < -0.3 is 9.47 Å². The van der Waals surface area contributed by atoms with Crippen LogP contribution in [0.25, 0.3) is 0 Å². The van der Waals surface area contributed by atoms with Crippen LogP contribution in [0.2, 0.25) is 0 Å². The second-order valence-corrected chi connectivity index (χ2v) is 4.10. The molecule has 108 valence electrons. The Kier molecular flexibility index (Phi) is 4.50. The molecular weight excluding hydrogens is 274 g/mol. The number of benzene rings is 2. The number of nitro benzene ring substituents is 1. The van der Waals surface area contributed by atoms with Crippen LogP contribution in [0.15, 0.2) is 42.5 Å². The van der Waals surface area contributed by atoms with Crippen molar-refractivity contribution in [2.75, 3.05) is 6.61 Å². The number of carbonyl (C=O) groups is 1. The van der Waals surface area contributed by atoms with Gasteiger partial charge in [-0.15, -0.1) is 0 Å². The fourth-order valence-corrected chi connectivity index (χ4v) is 1.76. The first-order chi connectivity index (χ1) is 10.1. The van der Waals surface area contributed by atoms with Crippen LogP contribution in [0.4, 0.5) is 5.69 Å². The van der Waals surface area contributed by atoms with Gasteiger partial charge in [0.25, 0.3) is 5.69 Å². The topological polar surface area (TPSA) is 78.7 Å². The van der Waals surface area contributed by atoms with Crippen molar-refractivity contribution in [3.05, 3.63) is 58.1 Å². The highest BCUT2D eigenvalue weighted by atomic mass is 16.6. The summed E-state index contributed by atoms with van der Waals surface area (Å²) in [6.45, 7) is 2.47. The average Bonchev–Trinajstić information content (AvgIpc) is 2.49. The molecule has 0 aliphatic heterocycles. The van der Waals surface area contributed by atoms with Crippen molar-refractivity contribution in [2.24, 2.45) is 0 Å². The van der Waals surface area contributed by atoms with Crippen molar-refractivity contribution in [1.29, 1.82) is 0 Å². The fraction of sp³-hybridized carbons (Fsp3) is 0.133. The summed E-state index contributed by atoms with van der Waals surface area (Å²) in [6, 6.07) is 11.0. The van der Waals surface area contributed by atoms with Crippen molar-refractivity contribution in [2.45, 2.75) is 6.92 Å². The number of hydrogen-bond acceptors (Lipinski definition) is 5. The Hall–Kier alpha value is -2.89. The second-order valence-electron chi connectivity index (χ2n) is 4.10. The van der Waals surface area contributed by atoms with Gasteiger partial charge in [-0.05, 0) is 43.3 Å². The van der Waals surface area contributed by atoms with E-state index in [-0.39, 0.29) is 11.3 Å². The van der Waals surface area contributed by atoms with Gasteiger partial charge in [0.2, 0.25) is 0 Å². The fourth-order valence-electron chi connectivity index (χ4n) is 1.76. The van der Waals surface area contributed by atoms with Crippen molar-refractivity contribution in [1.82, 2.24) is 0 Å². The first-order valence-electron chi connectivity index (χ1n) is 6.28. The second kappa shape index (κ2) is 6.51. The highest BCUT2D eigenvalue weighted by molar-refractivity contribution is 5.82. The van der Waals surface area contributed by atoms with Gasteiger partial charge in [0.15, 0.2) is 6.29 Å². The Labute approximate surface area is 121 Å². The molecule has 6 heteroatoms. The standard InChI is InChI=1S/C15H13NO5/c1-2-20-12-3-5-13(6-4-12)21-14-7-8-15(16(18)19)11(9-14)10-17/h3-10H,2H2,1H3. The Morgan fingerprint density at radius 2 is 1.71 bits per heavy atom. The van der Waals surface area contributed by atoms with Crippen molar-refractivity contribution < 1.29 is 19.2 Å². The molecule has 0 aliphatic carbocycles. The Morgan fingerprint density at radius 1 is 1.10 bits per heavy atom. The van der Waals surface area contributed by atoms with Crippen molar-refractivity contribution in [3.8, 4) is 17.2 Å². The van der Waals surface area contributed by atoms with E-state index >= 15 is 0 Å². The molecule has 0 heterocycles. The third-order valence-corrected chi connectivity index (χ3v) is 2.69. The van der Waals surface area contributed by atoms with E-state index in [2.05, 4.69) is 0 Å². The van der Waals surface area contributed by atoms with Crippen LogP contribution in [-0.2, 0) is 0 Å². The van der Waals surface area contributed by atoms with E-state index < -0.39 is 4.92 Å². The van der Waals surface area contributed by atoms with Gasteiger partial charge in [0.05, 0.1) is 17.1 Å². The largest absolute Gasteiger partial charge is 0.494 e. The van der Waals surface area contributed by atoms with Gasteiger partial charge in [-0.2, -0.15) is 0 Å². The lowest BCUT2D eigenvalue weighted by Crippen LogP contribution is -1.95. The quantitative estimate of drug-likeness (QED) is 0.461. The average molecular weight is 287 g/mol. The molecule has 0 unspecified atom stereocenters. The van der Waals surface area contributed by atoms with Crippen LogP contribution in [0.3, 0.4) is 0 Å². The van der Waals surface area contributed by atoms with E-state index in [1.165, 1.54) is 18.2 Å². The number of nitrogens with zero attached hydrogens (tertiary/aromatic N) is 1. The summed E-state index contributed by atoms with van der Waals surface area (Å²) < 4.78 is 10.9. The first-order valence-corrected chi connectivity index (χ1v) is 6.28. The molecule has 0 fully saturated rings. The maximum absolute atomic E-state index is 10.9. The molecule has 21 heavy (non-hydrogen) atoms. The molecule has 0 bridgehead atoms. The number of hydrogen-bond donors (Lipinski definition) is 0. The summed E-state index contributed by atoms with van der Waals surface area (Å²) in [4.78, 5) is 21.0. The van der Waals surface area contributed by atoms with Gasteiger partial charge in [0, 0.05) is 6.07 Å². The molecule has 0 saturated carbocycles. The van der Waals surface area contributed by atoms with Crippen LogP contribution < -0.4 is 9.47 Å². The Balaban J connectivity index is 2.19. The lowest BCUT2D eigenvalue weighted by atomic mass is 10.2. The Morgan fingerprint density at radius 3 is 2.29 bits per heavy atom. The highest BCUT2D eigenvalue weighted by Crippen LogP contribution is 2.27. The highest BCUT2D eigenvalue weighted by Gasteiger charge is 2.14. The normalized spacial score (nSPS) is 9.95. The van der Waals surface area contributed by atoms with Gasteiger partial charge in [-0.1, -0.05) is 0 Å². The van der Waals surface area contributed by atoms with E-state index in [0.29, 0.717) is 24.4 Å². The number of aldehydes is 1. The van der Waals surface area contributed by atoms with Crippen LogP contribution >= 0.6 is 0 Å². The molecule has 0 saturated heterocycles. The number of carbonyl (C=O) groups excluding carboxylic acids is 1. The smallest absolute Gasteiger partial charge is 0.280 e. The van der Waals surface area contributed by atoms with E-state index in [4.69, 9.17) is 9.47 Å². The minimum absolute atomic E-state index is 0.0246. The summed E-state index contributed by atoms with van der Waals surface area (Å²) in [5.74, 6) is 1.62. The molecule has 0 aliphatic rings. The van der Waals surface area contributed by atoms with Crippen LogP contribution in [0.1, 0.15) is 17.3 Å². The predicted molar refractivity (Wildman–Crippen MR) is 76.2 cm³/mol. The summed E-state index contributed by atoms with van der Waals surface area (Å²) in [5, 5.41) is 10.7. The molecule has 2 aromatic rings. The molecular formula is C15H13NO5. The summed E-state index contributed by atoms with van der Waals surface area (Å²) in [7, 11) is 0. The van der Waals surface area contributed by atoms with E-state index in [1.54, 1.807) is 24.3 Å². The summed E-state index contributed by atoms with van der Waals surface area (Å²) >= 11 is 0. The van der Waals surface area contributed by atoms with Crippen molar-refractivity contribution in [3.63, 3.8) is 0 Å². The maximum Gasteiger partial charge on any atom is 0.280 e. The van der Waals surface area contributed by atoms with Gasteiger partial charge in [-0.3, -0.25) is 14.9 Å². The lowest BCUT2D eigenvalue weighted by Gasteiger charge is -2.08. The third kappa shape index (κ3) is 3.56. The number of ether oxygens (including phenoxy) is 2. The van der Waals surface area contributed by atoms with E-state index in [9.17, 15) is 14.9 Å². The molecule has 0 N–H and O–H groups in total.